The second kappa shape index (κ2) is 5.46. The van der Waals surface area contributed by atoms with Crippen LogP contribution in [0, 0.1) is 5.82 Å². The zero-order valence-corrected chi connectivity index (χ0v) is 12.7. The predicted molar refractivity (Wildman–Crippen MR) is 79.5 cm³/mol. The molecule has 0 bridgehead atoms. The van der Waals surface area contributed by atoms with Crippen molar-refractivity contribution in [3.05, 3.63) is 51.7 Å². The number of phenolic OH excluding ortho intramolecular Hbond substituents is 1. The Morgan fingerprint density at radius 1 is 1.19 bits per heavy atom. The number of halogens is 3. The van der Waals surface area contributed by atoms with Crippen molar-refractivity contribution in [1.29, 1.82) is 0 Å². The number of aromatic hydroxyl groups is 1. The van der Waals surface area contributed by atoms with E-state index in [1.165, 1.54) is 24.3 Å². The van der Waals surface area contributed by atoms with Crippen LogP contribution < -0.4 is 0 Å². The van der Waals surface area contributed by atoms with Crippen LogP contribution in [0.15, 0.2) is 45.4 Å². The molecule has 0 fully saturated rings. The van der Waals surface area contributed by atoms with Crippen molar-refractivity contribution in [3.63, 3.8) is 0 Å². The molecule has 0 radical (unpaired) electrons. The Balaban J connectivity index is 2.01. The molecule has 21 heavy (non-hydrogen) atoms. The summed E-state index contributed by atoms with van der Waals surface area (Å²) >= 11 is 9.10. The van der Waals surface area contributed by atoms with Gasteiger partial charge in [-0.25, -0.2) is 4.39 Å². The molecule has 1 aromatic heterocycles. The summed E-state index contributed by atoms with van der Waals surface area (Å²) in [5.41, 5.74) is 1.19. The van der Waals surface area contributed by atoms with Crippen LogP contribution in [0.1, 0.15) is 0 Å². The van der Waals surface area contributed by atoms with Gasteiger partial charge in [0.2, 0.25) is 5.82 Å². The van der Waals surface area contributed by atoms with Gasteiger partial charge in [-0.05, 0) is 52.3 Å². The molecule has 0 unspecified atom stereocenters. The molecule has 4 nitrogen and oxygen atoms in total. The molecule has 0 saturated carbocycles. The van der Waals surface area contributed by atoms with E-state index in [9.17, 15) is 9.50 Å². The zero-order chi connectivity index (χ0) is 15.0. The molecule has 2 aromatic carbocycles. The molecule has 0 spiro atoms. The van der Waals surface area contributed by atoms with E-state index in [1.807, 2.05) is 0 Å². The number of phenols is 1. The van der Waals surface area contributed by atoms with Crippen LogP contribution in [0.5, 0.6) is 5.75 Å². The fraction of sp³-hybridized carbons (Fsp3) is 0. The van der Waals surface area contributed by atoms with Crippen LogP contribution >= 0.6 is 27.5 Å². The van der Waals surface area contributed by atoms with Crippen molar-refractivity contribution < 1.29 is 14.0 Å². The lowest BCUT2D eigenvalue weighted by atomic mass is 10.2. The summed E-state index contributed by atoms with van der Waals surface area (Å²) in [5.74, 6) is 0.185. The molecule has 0 atom stereocenters. The highest BCUT2D eigenvalue weighted by Crippen LogP contribution is 2.31. The predicted octanol–water partition coefficient (Wildman–Crippen LogP) is 4.66. The number of nitrogens with zero attached hydrogens (tertiary/aromatic N) is 2. The van der Waals surface area contributed by atoms with Gasteiger partial charge in [-0.2, -0.15) is 4.98 Å². The highest BCUT2D eigenvalue weighted by Gasteiger charge is 2.14. The summed E-state index contributed by atoms with van der Waals surface area (Å²) in [6.07, 6.45) is 0. The van der Waals surface area contributed by atoms with Crippen molar-refractivity contribution in [2.75, 3.05) is 0 Å². The minimum Gasteiger partial charge on any atom is -0.506 e. The van der Waals surface area contributed by atoms with E-state index < -0.39 is 0 Å². The van der Waals surface area contributed by atoms with E-state index in [0.717, 1.165) is 0 Å². The number of hydrogen-bond donors (Lipinski definition) is 1. The largest absolute Gasteiger partial charge is 0.506 e. The van der Waals surface area contributed by atoms with Gasteiger partial charge in [-0.15, -0.1) is 0 Å². The summed E-state index contributed by atoms with van der Waals surface area (Å²) in [5, 5.41) is 13.4. The van der Waals surface area contributed by atoms with E-state index >= 15 is 0 Å². The minimum absolute atomic E-state index is 0.0264. The molecule has 0 aliphatic carbocycles. The summed E-state index contributed by atoms with van der Waals surface area (Å²) in [4.78, 5) is 4.24. The highest BCUT2D eigenvalue weighted by atomic mass is 79.9. The van der Waals surface area contributed by atoms with Gasteiger partial charge in [0.1, 0.15) is 11.6 Å². The molecule has 3 rings (SSSR count). The molecule has 106 valence electrons. The average molecular weight is 370 g/mol. The smallest absolute Gasteiger partial charge is 0.258 e. The summed E-state index contributed by atoms with van der Waals surface area (Å²) in [6.45, 7) is 0. The maximum atomic E-state index is 13.1. The van der Waals surface area contributed by atoms with Crippen molar-refractivity contribution in [1.82, 2.24) is 10.1 Å². The van der Waals surface area contributed by atoms with Gasteiger partial charge in [0.25, 0.3) is 5.89 Å². The molecule has 0 saturated heterocycles. The molecular weight excluding hydrogens is 363 g/mol. The number of benzene rings is 2. The van der Waals surface area contributed by atoms with E-state index in [1.54, 1.807) is 12.1 Å². The minimum atomic E-state index is -0.361. The van der Waals surface area contributed by atoms with E-state index in [2.05, 4.69) is 26.1 Å². The zero-order valence-electron chi connectivity index (χ0n) is 10.3. The van der Waals surface area contributed by atoms with Gasteiger partial charge >= 0.3 is 0 Å². The maximum Gasteiger partial charge on any atom is 0.258 e. The second-order valence-electron chi connectivity index (χ2n) is 4.21. The highest BCUT2D eigenvalue weighted by molar-refractivity contribution is 9.10. The van der Waals surface area contributed by atoms with Gasteiger partial charge in [-0.1, -0.05) is 16.8 Å². The molecule has 1 N–H and O–H groups in total. The van der Waals surface area contributed by atoms with Crippen LogP contribution in [0.4, 0.5) is 4.39 Å². The Labute approximate surface area is 132 Å². The van der Waals surface area contributed by atoms with E-state index in [0.29, 0.717) is 21.4 Å². The van der Waals surface area contributed by atoms with E-state index in [-0.39, 0.29) is 22.5 Å². The van der Waals surface area contributed by atoms with Crippen molar-refractivity contribution in [2.24, 2.45) is 0 Å². The Bertz CT molecular complexity index is 822. The lowest BCUT2D eigenvalue weighted by Crippen LogP contribution is -1.84. The lowest BCUT2D eigenvalue weighted by Gasteiger charge is -1.99. The van der Waals surface area contributed by atoms with Gasteiger partial charge in [0.05, 0.1) is 5.02 Å². The second-order valence-corrected chi connectivity index (χ2v) is 5.48. The summed E-state index contributed by atoms with van der Waals surface area (Å²) in [6, 6.07) is 8.76. The Hall–Kier alpha value is -1.92. The van der Waals surface area contributed by atoms with Crippen LogP contribution in [0.3, 0.4) is 0 Å². The Morgan fingerprint density at radius 2 is 2.00 bits per heavy atom. The average Bonchev–Trinajstić information content (AvgIpc) is 2.91. The number of hydrogen-bond acceptors (Lipinski definition) is 4. The van der Waals surface area contributed by atoms with Crippen LogP contribution in [-0.2, 0) is 0 Å². The quantitative estimate of drug-likeness (QED) is 0.713. The first kappa shape index (κ1) is 14.0. The van der Waals surface area contributed by atoms with Crippen molar-refractivity contribution >= 4 is 27.5 Å². The van der Waals surface area contributed by atoms with Crippen LogP contribution in [-0.4, -0.2) is 15.2 Å². The van der Waals surface area contributed by atoms with Crippen molar-refractivity contribution in [3.8, 4) is 28.6 Å². The fourth-order valence-electron chi connectivity index (χ4n) is 1.76. The summed E-state index contributed by atoms with van der Waals surface area (Å²) in [7, 11) is 0. The fourth-order valence-corrected chi connectivity index (χ4v) is 2.47. The lowest BCUT2D eigenvalue weighted by molar-refractivity contribution is 0.432. The third kappa shape index (κ3) is 2.77. The Morgan fingerprint density at radius 3 is 2.71 bits per heavy atom. The van der Waals surface area contributed by atoms with E-state index in [4.69, 9.17) is 16.1 Å². The standard InChI is InChI=1S/C14H7BrClFN2O2/c15-10-6-8(17)2-3-9(10)13-18-14(21-19-13)7-1-4-12(20)11(16)5-7/h1-6,20H. The molecule has 0 aliphatic heterocycles. The van der Waals surface area contributed by atoms with Gasteiger partial charge in [-0.3, -0.25) is 0 Å². The third-order valence-electron chi connectivity index (χ3n) is 2.79. The molecule has 0 amide bonds. The van der Waals surface area contributed by atoms with Crippen molar-refractivity contribution in [2.45, 2.75) is 0 Å². The van der Waals surface area contributed by atoms with Crippen LogP contribution in [0.2, 0.25) is 5.02 Å². The monoisotopic (exact) mass is 368 g/mol. The molecule has 7 heteroatoms. The SMILES string of the molecule is Oc1ccc(-c2nc(-c3ccc(F)cc3Br)no2)cc1Cl. The third-order valence-corrected chi connectivity index (χ3v) is 3.75. The molecule has 3 aromatic rings. The topological polar surface area (TPSA) is 59.2 Å². The molecule has 0 aliphatic rings. The van der Waals surface area contributed by atoms with Gasteiger partial charge in [0, 0.05) is 15.6 Å². The maximum absolute atomic E-state index is 13.1. The molecular formula is C14H7BrClFN2O2. The van der Waals surface area contributed by atoms with Crippen LogP contribution in [0.25, 0.3) is 22.8 Å². The Kier molecular flexibility index (Phi) is 3.65. The first-order valence-electron chi connectivity index (χ1n) is 5.82. The number of aromatic nitrogens is 2. The normalized spacial score (nSPS) is 10.8. The number of rotatable bonds is 2. The molecule has 1 heterocycles. The first-order valence-corrected chi connectivity index (χ1v) is 7.00. The van der Waals surface area contributed by atoms with Gasteiger partial charge in [0.15, 0.2) is 0 Å². The first-order chi connectivity index (χ1) is 10.0. The van der Waals surface area contributed by atoms with Gasteiger partial charge < -0.3 is 9.63 Å². The summed E-state index contributed by atoms with van der Waals surface area (Å²) < 4.78 is 18.8.